The van der Waals surface area contributed by atoms with E-state index in [2.05, 4.69) is 28.8 Å². The highest BCUT2D eigenvalue weighted by atomic mass is 16.4. The van der Waals surface area contributed by atoms with Gasteiger partial charge < -0.3 is 14.9 Å². The first-order valence-electron chi connectivity index (χ1n) is 7.18. The van der Waals surface area contributed by atoms with E-state index >= 15 is 0 Å². The van der Waals surface area contributed by atoms with Crippen molar-refractivity contribution in [3.8, 4) is 0 Å². The molecular formula is C15H23N3O2. The maximum Gasteiger partial charge on any atom is 0.335 e. The normalized spacial score (nSPS) is 20.8. The lowest BCUT2D eigenvalue weighted by molar-refractivity contribution is 0.0696. The molecule has 1 aliphatic heterocycles. The van der Waals surface area contributed by atoms with Crippen molar-refractivity contribution in [3.63, 3.8) is 0 Å². The van der Waals surface area contributed by atoms with E-state index in [1.165, 1.54) is 0 Å². The van der Waals surface area contributed by atoms with Gasteiger partial charge in [-0.25, -0.2) is 9.78 Å². The van der Waals surface area contributed by atoms with Crippen LogP contribution in [0.4, 0.5) is 5.82 Å². The minimum Gasteiger partial charge on any atom is -0.478 e. The van der Waals surface area contributed by atoms with E-state index < -0.39 is 5.97 Å². The zero-order valence-corrected chi connectivity index (χ0v) is 12.5. The quantitative estimate of drug-likeness (QED) is 0.916. The number of carboxylic acid groups (broad SMARTS) is 1. The molecule has 0 aliphatic carbocycles. The molecule has 1 fully saturated rings. The second kappa shape index (κ2) is 6.22. The Kier molecular flexibility index (Phi) is 4.60. The lowest BCUT2D eigenvalue weighted by Gasteiger charge is -2.31. The molecule has 0 radical (unpaired) electrons. The largest absolute Gasteiger partial charge is 0.478 e. The number of hydrogen-bond donors (Lipinski definition) is 1. The maximum atomic E-state index is 11.2. The van der Waals surface area contributed by atoms with Gasteiger partial charge in [-0.2, -0.15) is 0 Å². The standard InChI is InChI=1S/C15H23N3O2/c1-4-13-10-17(3)6-5-7-18(13)14-9-12(15(19)20)8-11(2)16-14/h8-9,13H,4-7,10H2,1-3H3,(H,19,20). The first-order chi connectivity index (χ1) is 9.51. The predicted octanol–water partition coefficient (Wildman–Crippen LogP) is 2.01. The lowest BCUT2D eigenvalue weighted by Crippen LogP contribution is -2.40. The van der Waals surface area contributed by atoms with Crippen LogP contribution in [0, 0.1) is 6.92 Å². The molecular weight excluding hydrogens is 254 g/mol. The third-order valence-corrected chi connectivity index (χ3v) is 3.85. The Morgan fingerprint density at radius 2 is 2.20 bits per heavy atom. The van der Waals surface area contributed by atoms with Gasteiger partial charge in [0, 0.05) is 24.8 Å². The molecule has 2 heterocycles. The highest BCUT2D eigenvalue weighted by molar-refractivity contribution is 5.88. The number of carbonyl (C=O) groups is 1. The molecule has 0 bridgehead atoms. The van der Waals surface area contributed by atoms with Crippen LogP contribution in [0.25, 0.3) is 0 Å². The number of carboxylic acids is 1. The van der Waals surface area contributed by atoms with Crippen LogP contribution in [0.1, 0.15) is 35.8 Å². The van der Waals surface area contributed by atoms with Gasteiger partial charge in [-0.3, -0.25) is 0 Å². The molecule has 110 valence electrons. The number of hydrogen-bond acceptors (Lipinski definition) is 4. The second-order valence-electron chi connectivity index (χ2n) is 5.53. The van der Waals surface area contributed by atoms with E-state index in [4.69, 9.17) is 0 Å². The van der Waals surface area contributed by atoms with Gasteiger partial charge in [-0.05, 0) is 45.5 Å². The molecule has 1 aromatic rings. The topological polar surface area (TPSA) is 56.7 Å². The molecule has 1 aromatic heterocycles. The van der Waals surface area contributed by atoms with Crippen molar-refractivity contribution in [2.24, 2.45) is 0 Å². The lowest BCUT2D eigenvalue weighted by atomic mass is 10.1. The SMILES string of the molecule is CCC1CN(C)CCCN1c1cc(C(=O)O)cc(C)n1. The zero-order chi connectivity index (χ0) is 14.7. The smallest absolute Gasteiger partial charge is 0.335 e. The Balaban J connectivity index is 2.34. The molecule has 5 heteroatoms. The minimum absolute atomic E-state index is 0.319. The van der Waals surface area contributed by atoms with Gasteiger partial charge in [0.1, 0.15) is 5.82 Å². The maximum absolute atomic E-state index is 11.2. The summed E-state index contributed by atoms with van der Waals surface area (Å²) in [4.78, 5) is 20.4. The van der Waals surface area contributed by atoms with Gasteiger partial charge >= 0.3 is 5.97 Å². The molecule has 0 amide bonds. The summed E-state index contributed by atoms with van der Waals surface area (Å²) in [6, 6.07) is 3.71. The van der Waals surface area contributed by atoms with E-state index in [-0.39, 0.29) is 0 Å². The van der Waals surface area contributed by atoms with Crippen molar-refractivity contribution in [1.29, 1.82) is 0 Å². The van der Waals surface area contributed by atoms with Crippen LogP contribution < -0.4 is 4.90 Å². The monoisotopic (exact) mass is 277 g/mol. The van der Waals surface area contributed by atoms with E-state index in [9.17, 15) is 9.90 Å². The molecule has 2 rings (SSSR count). The zero-order valence-electron chi connectivity index (χ0n) is 12.5. The molecule has 1 saturated heterocycles. The highest BCUT2D eigenvalue weighted by Gasteiger charge is 2.24. The molecule has 0 spiro atoms. The Bertz CT molecular complexity index is 490. The summed E-state index contributed by atoms with van der Waals surface area (Å²) in [6.07, 6.45) is 2.10. The molecule has 1 N–H and O–H groups in total. The summed E-state index contributed by atoms with van der Waals surface area (Å²) in [5.41, 5.74) is 1.08. The van der Waals surface area contributed by atoms with Crippen LogP contribution in [0.5, 0.6) is 0 Å². The van der Waals surface area contributed by atoms with Crippen LogP contribution in [0.3, 0.4) is 0 Å². The van der Waals surface area contributed by atoms with Crippen molar-refractivity contribution in [2.75, 3.05) is 31.6 Å². The molecule has 0 saturated carbocycles. The summed E-state index contributed by atoms with van der Waals surface area (Å²) in [6.45, 7) is 7.02. The first-order valence-corrected chi connectivity index (χ1v) is 7.18. The van der Waals surface area contributed by atoms with Crippen molar-refractivity contribution >= 4 is 11.8 Å². The summed E-state index contributed by atoms with van der Waals surface area (Å²) in [7, 11) is 2.14. The number of aromatic nitrogens is 1. The van der Waals surface area contributed by atoms with Crippen LogP contribution in [-0.4, -0.2) is 53.7 Å². The minimum atomic E-state index is -0.892. The number of pyridine rings is 1. The first kappa shape index (κ1) is 14.8. The van der Waals surface area contributed by atoms with Crippen molar-refractivity contribution in [3.05, 3.63) is 23.4 Å². The number of aryl methyl sites for hydroxylation is 1. The van der Waals surface area contributed by atoms with E-state index in [0.29, 0.717) is 11.6 Å². The molecule has 1 atom stereocenters. The van der Waals surface area contributed by atoms with Crippen LogP contribution >= 0.6 is 0 Å². The molecule has 20 heavy (non-hydrogen) atoms. The van der Waals surface area contributed by atoms with Gasteiger partial charge in [0.05, 0.1) is 5.56 Å². The molecule has 1 unspecified atom stereocenters. The van der Waals surface area contributed by atoms with Gasteiger partial charge in [0.15, 0.2) is 0 Å². The summed E-state index contributed by atoms with van der Waals surface area (Å²) in [5, 5.41) is 9.20. The van der Waals surface area contributed by atoms with Crippen LogP contribution in [0.15, 0.2) is 12.1 Å². The number of rotatable bonds is 3. The van der Waals surface area contributed by atoms with Gasteiger partial charge in [0.25, 0.3) is 0 Å². The Morgan fingerprint density at radius 1 is 1.45 bits per heavy atom. The fraction of sp³-hybridized carbons (Fsp3) is 0.600. The van der Waals surface area contributed by atoms with E-state index in [1.807, 2.05) is 6.92 Å². The van der Waals surface area contributed by atoms with Gasteiger partial charge in [-0.15, -0.1) is 0 Å². The Morgan fingerprint density at radius 3 is 2.85 bits per heavy atom. The van der Waals surface area contributed by atoms with E-state index in [1.54, 1.807) is 12.1 Å². The Hall–Kier alpha value is -1.62. The summed E-state index contributed by atoms with van der Waals surface area (Å²) < 4.78 is 0. The van der Waals surface area contributed by atoms with Gasteiger partial charge in [-0.1, -0.05) is 6.92 Å². The third-order valence-electron chi connectivity index (χ3n) is 3.85. The van der Waals surface area contributed by atoms with Crippen molar-refractivity contribution < 1.29 is 9.90 Å². The fourth-order valence-corrected chi connectivity index (χ4v) is 2.82. The third kappa shape index (κ3) is 3.28. The number of likely N-dealkylation sites (N-methyl/N-ethyl adjacent to an activating group) is 1. The van der Waals surface area contributed by atoms with Crippen molar-refractivity contribution in [1.82, 2.24) is 9.88 Å². The summed E-state index contributed by atoms with van der Waals surface area (Å²) in [5.74, 6) is -0.0960. The average Bonchev–Trinajstić information content (AvgIpc) is 2.59. The second-order valence-corrected chi connectivity index (χ2v) is 5.53. The Labute approximate surface area is 120 Å². The average molecular weight is 277 g/mol. The fourth-order valence-electron chi connectivity index (χ4n) is 2.82. The molecule has 1 aliphatic rings. The predicted molar refractivity (Wildman–Crippen MR) is 79.5 cm³/mol. The number of nitrogens with zero attached hydrogens (tertiary/aromatic N) is 3. The molecule has 5 nitrogen and oxygen atoms in total. The van der Waals surface area contributed by atoms with Crippen molar-refractivity contribution in [2.45, 2.75) is 32.7 Å². The summed E-state index contributed by atoms with van der Waals surface area (Å²) >= 11 is 0. The number of anilines is 1. The van der Waals surface area contributed by atoms with Crippen LogP contribution in [-0.2, 0) is 0 Å². The van der Waals surface area contributed by atoms with Crippen LogP contribution in [0.2, 0.25) is 0 Å². The van der Waals surface area contributed by atoms with Gasteiger partial charge in [0.2, 0.25) is 0 Å². The highest BCUT2D eigenvalue weighted by Crippen LogP contribution is 2.22. The molecule has 0 aromatic carbocycles. The van der Waals surface area contributed by atoms with E-state index in [0.717, 1.165) is 44.0 Å². The number of aromatic carboxylic acids is 1.